The van der Waals surface area contributed by atoms with Crippen LogP contribution < -0.4 is 0 Å². The predicted molar refractivity (Wildman–Crippen MR) is 76.6 cm³/mol. The Hall–Kier alpha value is -0.950. The molecule has 0 N–H and O–H groups in total. The van der Waals surface area contributed by atoms with Crippen molar-refractivity contribution in [3.8, 4) is 0 Å². The van der Waals surface area contributed by atoms with Crippen LogP contribution in [0.25, 0.3) is 0 Å². The summed E-state index contributed by atoms with van der Waals surface area (Å²) < 4.78 is 4.84. The van der Waals surface area contributed by atoms with Crippen LogP contribution in [0.2, 0.25) is 0 Å². The summed E-state index contributed by atoms with van der Waals surface area (Å²) in [5, 5.41) is 0.409. The highest BCUT2D eigenvalue weighted by Crippen LogP contribution is 2.34. The average Bonchev–Trinajstić information content (AvgIpc) is 2.56. The van der Waals surface area contributed by atoms with Gasteiger partial charge in [0.15, 0.2) is 5.12 Å². The standard InChI is InChI=1S/C12H17NO4S2/c1-4-17-11(15)7-10-13(5-6-18-9(3)14)12(16)8(2)19-10/h7-8H,4-6H2,1-3H3/b10-7-. The highest BCUT2D eigenvalue weighted by atomic mass is 32.2. The zero-order valence-corrected chi connectivity index (χ0v) is 12.8. The molecule has 1 aliphatic heterocycles. The monoisotopic (exact) mass is 303 g/mol. The molecule has 5 nitrogen and oxygen atoms in total. The number of hydrogen-bond donors (Lipinski definition) is 0. The first-order valence-corrected chi connectivity index (χ1v) is 7.82. The van der Waals surface area contributed by atoms with Crippen LogP contribution >= 0.6 is 23.5 Å². The van der Waals surface area contributed by atoms with Gasteiger partial charge in [-0.3, -0.25) is 9.59 Å². The number of carbonyl (C=O) groups excluding carboxylic acids is 3. The Morgan fingerprint density at radius 2 is 2.21 bits per heavy atom. The van der Waals surface area contributed by atoms with Crippen molar-refractivity contribution in [3.63, 3.8) is 0 Å². The van der Waals surface area contributed by atoms with Gasteiger partial charge in [-0.2, -0.15) is 0 Å². The van der Waals surface area contributed by atoms with Crippen LogP contribution in [0.4, 0.5) is 0 Å². The molecule has 0 radical (unpaired) electrons. The normalized spacial score (nSPS) is 21.0. The number of thioether (sulfide) groups is 2. The van der Waals surface area contributed by atoms with Gasteiger partial charge < -0.3 is 9.64 Å². The van der Waals surface area contributed by atoms with Crippen LogP contribution in [0.3, 0.4) is 0 Å². The van der Waals surface area contributed by atoms with E-state index in [1.165, 1.54) is 36.5 Å². The van der Waals surface area contributed by atoms with Gasteiger partial charge in [0.05, 0.1) is 23.0 Å². The lowest BCUT2D eigenvalue weighted by Gasteiger charge is -2.16. The van der Waals surface area contributed by atoms with Crippen LogP contribution in [-0.2, 0) is 19.1 Å². The van der Waals surface area contributed by atoms with E-state index in [9.17, 15) is 14.4 Å². The molecular weight excluding hydrogens is 286 g/mol. The maximum Gasteiger partial charge on any atom is 0.333 e. The second-order valence-electron chi connectivity index (χ2n) is 3.82. The molecule has 0 aromatic carbocycles. The first-order valence-electron chi connectivity index (χ1n) is 5.95. The molecule has 0 aromatic heterocycles. The summed E-state index contributed by atoms with van der Waals surface area (Å²) in [5.74, 6) is 0.0370. The Morgan fingerprint density at radius 1 is 1.53 bits per heavy atom. The van der Waals surface area contributed by atoms with Crippen molar-refractivity contribution < 1.29 is 19.1 Å². The molecule has 1 unspecified atom stereocenters. The number of esters is 1. The van der Waals surface area contributed by atoms with Crippen LogP contribution in [0.1, 0.15) is 20.8 Å². The van der Waals surface area contributed by atoms with Gasteiger partial charge in [-0.05, 0) is 13.8 Å². The maximum atomic E-state index is 11.9. The van der Waals surface area contributed by atoms with Crippen molar-refractivity contribution in [2.75, 3.05) is 18.9 Å². The van der Waals surface area contributed by atoms with Crippen LogP contribution in [0.15, 0.2) is 11.1 Å². The summed E-state index contributed by atoms with van der Waals surface area (Å²) in [7, 11) is 0. The molecule has 1 amide bonds. The van der Waals surface area contributed by atoms with Crippen molar-refractivity contribution in [3.05, 3.63) is 11.1 Å². The number of carbonyl (C=O) groups is 3. The summed E-state index contributed by atoms with van der Waals surface area (Å²) >= 11 is 2.50. The summed E-state index contributed by atoms with van der Waals surface area (Å²) in [4.78, 5) is 35.8. The quantitative estimate of drug-likeness (QED) is 0.568. The molecule has 1 heterocycles. The average molecular weight is 303 g/mol. The second kappa shape index (κ2) is 7.59. The van der Waals surface area contributed by atoms with Gasteiger partial charge >= 0.3 is 5.97 Å². The zero-order valence-electron chi connectivity index (χ0n) is 11.2. The molecule has 0 aromatic rings. The number of hydrogen-bond acceptors (Lipinski definition) is 6. The molecule has 1 rings (SSSR count). The molecule has 1 atom stereocenters. The second-order valence-corrected chi connectivity index (χ2v) is 6.46. The predicted octanol–water partition coefficient (Wildman–Crippen LogP) is 1.63. The highest BCUT2D eigenvalue weighted by Gasteiger charge is 2.33. The van der Waals surface area contributed by atoms with Gasteiger partial charge in [0.2, 0.25) is 5.91 Å². The smallest absolute Gasteiger partial charge is 0.333 e. The molecule has 1 aliphatic rings. The third-order valence-electron chi connectivity index (χ3n) is 2.33. The van der Waals surface area contributed by atoms with Crippen molar-refractivity contribution in [2.24, 2.45) is 0 Å². The van der Waals surface area contributed by atoms with Crippen molar-refractivity contribution in [1.29, 1.82) is 0 Å². The molecule has 7 heteroatoms. The van der Waals surface area contributed by atoms with Crippen LogP contribution in [-0.4, -0.2) is 46.0 Å². The van der Waals surface area contributed by atoms with E-state index in [2.05, 4.69) is 0 Å². The lowest BCUT2D eigenvalue weighted by molar-refractivity contribution is -0.137. The highest BCUT2D eigenvalue weighted by molar-refractivity contribution is 8.13. The molecule has 0 spiro atoms. The number of amides is 1. The maximum absolute atomic E-state index is 11.9. The fraction of sp³-hybridized carbons (Fsp3) is 0.583. The minimum absolute atomic E-state index is 0.0169. The Labute approximate surface area is 121 Å². The van der Waals surface area contributed by atoms with E-state index in [4.69, 9.17) is 4.74 Å². The number of ether oxygens (including phenoxy) is 1. The molecule has 1 fully saturated rings. The fourth-order valence-corrected chi connectivity index (χ4v) is 3.15. The van der Waals surface area contributed by atoms with Gasteiger partial charge in [-0.25, -0.2) is 4.79 Å². The van der Waals surface area contributed by atoms with Crippen molar-refractivity contribution >= 4 is 40.5 Å². The summed E-state index contributed by atoms with van der Waals surface area (Å²) in [6.45, 7) is 5.74. The lowest BCUT2D eigenvalue weighted by Crippen LogP contribution is -2.30. The molecule has 0 saturated carbocycles. The van der Waals surface area contributed by atoms with Gasteiger partial charge in [-0.1, -0.05) is 23.5 Å². The van der Waals surface area contributed by atoms with Gasteiger partial charge in [0, 0.05) is 19.2 Å². The Balaban J connectivity index is 2.69. The van der Waals surface area contributed by atoms with Crippen LogP contribution in [0, 0.1) is 0 Å². The first-order chi connectivity index (χ1) is 8.95. The van der Waals surface area contributed by atoms with Gasteiger partial charge in [0.25, 0.3) is 0 Å². The number of rotatable bonds is 5. The SMILES string of the molecule is CCOC(=O)/C=C1\SC(C)C(=O)N1CCSC(C)=O. The van der Waals surface area contributed by atoms with E-state index in [-0.39, 0.29) is 16.3 Å². The molecule has 1 saturated heterocycles. The Morgan fingerprint density at radius 3 is 2.79 bits per heavy atom. The minimum atomic E-state index is -0.448. The van der Waals surface area contributed by atoms with E-state index >= 15 is 0 Å². The van der Waals surface area contributed by atoms with E-state index in [1.807, 2.05) is 0 Å². The van der Waals surface area contributed by atoms with Crippen molar-refractivity contribution in [1.82, 2.24) is 4.90 Å². The summed E-state index contributed by atoms with van der Waals surface area (Å²) in [5.41, 5.74) is 0. The number of nitrogens with zero attached hydrogens (tertiary/aromatic N) is 1. The van der Waals surface area contributed by atoms with E-state index in [1.54, 1.807) is 18.7 Å². The fourth-order valence-electron chi connectivity index (χ4n) is 1.52. The molecule has 0 bridgehead atoms. The minimum Gasteiger partial charge on any atom is -0.463 e. The van der Waals surface area contributed by atoms with E-state index in [0.717, 1.165) is 0 Å². The lowest BCUT2D eigenvalue weighted by atomic mass is 10.4. The Bertz CT molecular complexity index is 409. The summed E-state index contributed by atoms with van der Waals surface area (Å²) in [6, 6.07) is 0. The molecule has 106 valence electrons. The topological polar surface area (TPSA) is 63.7 Å². The van der Waals surface area contributed by atoms with Crippen molar-refractivity contribution in [2.45, 2.75) is 26.0 Å². The van der Waals surface area contributed by atoms with E-state index in [0.29, 0.717) is 23.9 Å². The molecule has 19 heavy (non-hydrogen) atoms. The van der Waals surface area contributed by atoms with Gasteiger partial charge in [-0.15, -0.1) is 0 Å². The molecule has 0 aliphatic carbocycles. The largest absolute Gasteiger partial charge is 0.463 e. The van der Waals surface area contributed by atoms with Crippen LogP contribution in [0.5, 0.6) is 0 Å². The third kappa shape index (κ3) is 4.91. The van der Waals surface area contributed by atoms with Gasteiger partial charge in [0.1, 0.15) is 0 Å². The third-order valence-corrected chi connectivity index (χ3v) is 4.25. The molecular formula is C12H17NO4S2. The van der Waals surface area contributed by atoms with E-state index < -0.39 is 5.97 Å². The first kappa shape index (κ1) is 16.1. The Kier molecular flexibility index (Phi) is 6.44. The zero-order chi connectivity index (χ0) is 14.4. The summed E-state index contributed by atoms with van der Waals surface area (Å²) in [6.07, 6.45) is 1.34.